The van der Waals surface area contributed by atoms with Gasteiger partial charge in [0.05, 0.1) is 5.75 Å². The number of ketones is 1. The number of rotatable bonds is 6. The molecule has 8 heteroatoms. The topological polar surface area (TPSA) is 56.0 Å². The summed E-state index contributed by atoms with van der Waals surface area (Å²) in [6.07, 6.45) is -4.42. The maximum Gasteiger partial charge on any atom is 0.471 e. The summed E-state index contributed by atoms with van der Waals surface area (Å²) in [5, 5.41) is 3.33. The van der Waals surface area contributed by atoms with E-state index in [1.54, 1.807) is 24.3 Å². The molecule has 0 aliphatic heterocycles. The summed E-state index contributed by atoms with van der Waals surface area (Å²) in [6.45, 7) is 0. The molecular formula is C18H13F3N2O2S. The van der Waals surface area contributed by atoms with Crippen LogP contribution >= 0.6 is 11.8 Å². The molecule has 134 valence electrons. The van der Waals surface area contributed by atoms with Crippen molar-refractivity contribution in [1.29, 1.82) is 0 Å². The van der Waals surface area contributed by atoms with Gasteiger partial charge in [-0.2, -0.15) is 18.2 Å². The van der Waals surface area contributed by atoms with Crippen LogP contribution in [0.15, 0.2) is 64.0 Å². The minimum atomic E-state index is -4.67. The van der Waals surface area contributed by atoms with Gasteiger partial charge >= 0.3 is 12.1 Å². The van der Waals surface area contributed by atoms with Crippen LogP contribution in [0.5, 0.6) is 0 Å². The minimum Gasteiger partial charge on any atom is -0.329 e. The monoisotopic (exact) mass is 378 g/mol. The normalized spacial score (nSPS) is 11.5. The lowest BCUT2D eigenvalue weighted by atomic mass is 10.1. The van der Waals surface area contributed by atoms with Gasteiger partial charge in [-0.05, 0) is 17.7 Å². The first kappa shape index (κ1) is 18.2. The van der Waals surface area contributed by atoms with Crippen LogP contribution in [0.4, 0.5) is 13.2 Å². The Morgan fingerprint density at radius 2 is 1.73 bits per heavy atom. The number of thioether (sulfide) groups is 1. The Kier molecular flexibility index (Phi) is 5.41. The summed E-state index contributed by atoms with van der Waals surface area (Å²) in [6, 6.07) is 16.1. The van der Waals surface area contributed by atoms with Gasteiger partial charge in [0.15, 0.2) is 0 Å². The molecule has 0 aliphatic carbocycles. The smallest absolute Gasteiger partial charge is 0.329 e. The molecule has 0 unspecified atom stereocenters. The quantitative estimate of drug-likeness (QED) is 0.584. The Bertz CT molecular complexity index is 877. The number of benzene rings is 2. The summed E-state index contributed by atoms with van der Waals surface area (Å²) in [5.41, 5.74) is 1.16. The Hall–Kier alpha value is -2.61. The van der Waals surface area contributed by atoms with Crippen molar-refractivity contribution in [2.24, 2.45) is 0 Å². The predicted octanol–water partition coefficient (Wildman–Crippen LogP) is 4.66. The summed E-state index contributed by atoms with van der Waals surface area (Å²) < 4.78 is 41.7. The second-order valence-corrected chi connectivity index (χ2v) is 6.48. The fourth-order valence-electron chi connectivity index (χ4n) is 2.19. The summed E-state index contributed by atoms with van der Waals surface area (Å²) in [4.78, 5) is 16.4. The van der Waals surface area contributed by atoms with E-state index in [1.165, 1.54) is 11.8 Å². The number of carbonyl (C=O) groups excluding carboxylic acids is 1. The standard InChI is InChI=1S/C18H13F3N2O2S/c19-18(20,21)17-22-16(23-25-17)13-8-6-12(7-9-13)10-14(24)11-26-15-4-2-1-3-5-15/h1-9H,10-11H2. The SMILES string of the molecule is O=C(CSc1ccccc1)Cc1ccc(-c2noc(C(F)(F)F)n2)cc1. The molecule has 2 aromatic carbocycles. The second kappa shape index (κ2) is 7.74. The second-order valence-electron chi connectivity index (χ2n) is 5.43. The van der Waals surface area contributed by atoms with E-state index in [-0.39, 0.29) is 18.0 Å². The highest BCUT2D eigenvalue weighted by molar-refractivity contribution is 8.00. The maximum absolute atomic E-state index is 12.5. The third-order valence-corrected chi connectivity index (χ3v) is 4.50. The van der Waals surface area contributed by atoms with Crippen molar-refractivity contribution < 1.29 is 22.5 Å². The molecule has 4 nitrogen and oxygen atoms in total. The molecule has 0 bridgehead atoms. The zero-order chi connectivity index (χ0) is 18.6. The molecule has 0 amide bonds. The van der Waals surface area contributed by atoms with Gasteiger partial charge in [0.2, 0.25) is 5.82 Å². The number of hydrogen-bond acceptors (Lipinski definition) is 5. The van der Waals surface area contributed by atoms with E-state index in [9.17, 15) is 18.0 Å². The highest BCUT2D eigenvalue weighted by atomic mass is 32.2. The third-order valence-electron chi connectivity index (χ3n) is 3.42. The van der Waals surface area contributed by atoms with Gasteiger partial charge in [0.1, 0.15) is 5.78 Å². The van der Waals surface area contributed by atoms with Crippen molar-refractivity contribution in [3.8, 4) is 11.4 Å². The van der Waals surface area contributed by atoms with E-state index in [0.29, 0.717) is 11.3 Å². The first-order chi connectivity index (χ1) is 12.4. The van der Waals surface area contributed by atoms with E-state index in [1.807, 2.05) is 30.3 Å². The van der Waals surface area contributed by atoms with Crippen molar-refractivity contribution in [2.45, 2.75) is 17.5 Å². The lowest BCUT2D eigenvalue weighted by molar-refractivity contribution is -0.159. The average molecular weight is 378 g/mol. The van der Waals surface area contributed by atoms with Crippen LogP contribution in [0.1, 0.15) is 11.5 Å². The first-order valence-corrected chi connectivity index (χ1v) is 8.60. The van der Waals surface area contributed by atoms with Crippen molar-refractivity contribution in [3.63, 3.8) is 0 Å². The fourth-order valence-corrected chi connectivity index (χ4v) is 2.97. The number of halogens is 3. The zero-order valence-corrected chi connectivity index (χ0v) is 14.2. The van der Waals surface area contributed by atoms with E-state index in [4.69, 9.17) is 0 Å². The van der Waals surface area contributed by atoms with Gasteiger partial charge < -0.3 is 4.52 Å². The number of Topliss-reactive ketones (excluding diaryl/α,β-unsaturated/α-hetero) is 1. The fraction of sp³-hybridized carbons (Fsp3) is 0.167. The Morgan fingerprint density at radius 3 is 2.35 bits per heavy atom. The Morgan fingerprint density at radius 1 is 1.04 bits per heavy atom. The predicted molar refractivity (Wildman–Crippen MR) is 90.6 cm³/mol. The number of nitrogens with zero attached hydrogens (tertiary/aromatic N) is 2. The molecule has 0 spiro atoms. The average Bonchev–Trinajstić information content (AvgIpc) is 3.12. The highest BCUT2D eigenvalue weighted by Gasteiger charge is 2.38. The van der Waals surface area contributed by atoms with Gasteiger partial charge in [-0.15, -0.1) is 11.8 Å². The first-order valence-electron chi connectivity index (χ1n) is 7.61. The van der Waals surface area contributed by atoms with E-state index < -0.39 is 12.1 Å². The Balaban J connectivity index is 1.59. The van der Waals surface area contributed by atoms with Gasteiger partial charge in [-0.25, -0.2) is 0 Å². The molecule has 3 aromatic rings. The molecule has 0 radical (unpaired) electrons. The highest BCUT2D eigenvalue weighted by Crippen LogP contribution is 2.29. The van der Waals surface area contributed by atoms with Crippen molar-refractivity contribution in [3.05, 3.63) is 66.1 Å². The molecule has 26 heavy (non-hydrogen) atoms. The molecule has 1 aromatic heterocycles. The number of aromatic nitrogens is 2. The van der Waals surface area contributed by atoms with Crippen LogP contribution in [0.2, 0.25) is 0 Å². The van der Waals surface area contributed by atoms with Crippen LogP contribution in [-0.2, 0) is 17.4 Å². The maximum atomic E-state index is 12.5. The molecule has 0 fully saturated rings. The molecule has 0 aliphatic rings. The number of hydrogen-bond donors (Lipinski definition) is 0. The van der Waals surface area contributed by atoms with Crippen LogP contribution in [0, 0.1) is 0 Å². The molecular weight excluding hydrogens is 365 g/mol. The minimum absolute atomic E-state index is 0.0607. The zero-order valence-electron chi connectivity index (χ0n) is 13.4. The summed E-state index contributed by atoms with van der Waals surface area (Å²) >= 11 is 1.46. The van der Waals surface area contributed by atoms with E-state index in [0.717, 1.165) is 10.5 Å². The van der Waals surface area contributed by atoms with Crippen LogP contribution in [0.25, 0.3) is 11.4 Å². The van der Waals surface area contributed by atoms with E-state index >= 15 is 0 Å². The van der Waals surface area contributed by atoms with Crippen molar-refractivity contribution in [2.75, 3.05) is 5.75 Å². The van der Waals surface area contributed by atoms with Crippen LogP contribution in [0.3, 0.4) is 0 Å². The number of carbonyl (C=O) groups is 1. The van der Waals surface area contributed by atoms with E-state index in [2.05, 4.69) is 14.7 Å². The number of alkyl halides is 3. The van der Waals surface area contributed by atoms with Crippen molar-refractivity contribution >= 4 is 17.5 Å². The molecule has 1 heterocycles. The lowest BCUT2D eigenvalue weighted by Gasteiger charge is -2.03. The molecule has 0 saturated carbocycles. The van der Waals surface area contributed by atoms with Gasteiger partial charge in [0, 0.05) is 16.9 Å². The van der Waals surface area contributed by atoms with Gasteiger partial charge in [-0.1, -0.05) is 47.6 Å². The van der Waals surface area contributed by atoms with Crippen LogP contribution in [-0.4, -0.2) is 21.7 Å². The molecule has 0 atom stereocenters. The summed E-state index contributed by atoms with van der Waals surface area (Å²) in [5.74, 6) is -1.11. The lowest BCUT2D eigenvalue weighted by Crippen LogP contribution is -2.05. The van der Waals surface area contributed by atoms with Gasteiger partial charge in [-0.3, -0.25) is 4.79 Å². The van der Waals surface area contributed by atoms with Crippen molar-refractivity contribution in [1.82, 2.24) is 10.1 Å². The van der Waals surface area contributed by atoms with Gasteiger partial charge in [0.25, 0.3) is 0 Å². The molecule has 0 N–H and O–H groups in total. The largest absolute Gasteiger partial charge is 0.471 e. The molecule has 3 rings (SSSR count). The third kappa shape index (κ3) is 4.72. The molecule has 0 saturated heterocycles. The van der Waals surface area contributed by atoms with Crippen LogP contribution < -0.4 is 0 Å². The Labute approximate surface area is 151 Å². The summed E-state index contributed by atoms with van der Waals surface area (Å²) in [7, 11) is 0.